The minimum atomic E-state index is -1.08. The Morgan fingerprint density at radius 1 is 1.25 bits per heavy atom. The lowest BCUT2D eigenvalue weighted by Crippen LogP contribution is -2.50. The third kappa shape index (κ3) is 9.42. The number of amides is 3. The van der Waals surface area contributed by atoms with Crippen molar-refractivity contribution >= 4 is 23.7 Å². The van der Waals surface area contributed by atoms with Crippen molar-refractivity contribution in [2.24, 2.45) is 11.8 Å². The number of carboxylic acid groups (broad SMARTS) is 1. The first-order chi connectivity index (χ1) is 17.5. The third-order valence-corrected chi connectivity index (χ3v) is 7.25. The highest BCUT2D eigenvalue weighted by molar-refractivity contribution is 6.30. The molecule has 2 fully saturated rings. The molecule has 1 unspecified atom stereocenters. The van der Waals surface area contributed by atoms with Gasteiger partial charge in [-0.2, -0.15) is 0 Å². The van der Waals surface area contributed by atoms with E-state index in [1.165, 1.54) is 0 Å². The van der Waals surface area contributed by atoms with E-state index in [4.69, 9.17) is 26.2 Å². The maximum Gasteiger partial charge on any atom is 0.404 e. The van der Waals surface area contributed by atoms with E-state index in [1.807, 2.05) is 36.2 Å². The number of hydrogen-bond donors (Lipinski definition) is 4. The second kappa shape index (κ2) is 15.2. The Morgan fingerprint density at radius 2 is 2.06 bits per heavy atom. The molecule has 1 aromatic carbocycles. The maximum atomic E-state index is 13.4. The van der Waals surface area contributed by atoms with Crippen LogP contribution in [0.25, 0.3) is 0 Å². The second-order valence-electron chi connectivity index (χ2n) is 9.78. The summed E-state index contributed by atoms with van der Waals surface area (Å²) in [6.07, 6.45) is 4.49. The van der Waals surface area contributed by atoms with Crippen LogP contribution in [0.3, 0.4) is 0 Å². The average molecular weight is 525 g/mol. The van der Waals surface area contributed by atoms with Gasteiger partial charge in [0, 0.05) is 56.4 Å². The molecule has 0 saturated carbocycles. The van der Waals surface area contributed by atoms with Crippen molar-refractivity contribution < 1.29 is 24.2 Å². The lowest BCUT2D eigenvalue weighted by Gasteiger charge is -2.33. The van der Waals surface area contributed by atoms with E-state index in [0.29, 0.717) is 24.0 Å². The molecule has 36 heavy (non-hydrogen) atoms. The van der Waals surface area contributed by atoms with Crippen LogP contribution in [0, 0.1) is 11.8 Å². The number of urea groups is 1. The molecule has 9 nitrogen and oxygen atoms in total. The van der Waals surface area contributed by atoms with Crippen molar-refractivity contribution in [3.05, 3.63) is 34.9 Å². The number of hydrogen-bond acceptors (Lipinski definition) is 5. The zero-order chi connectivity index (χ0) is 25.8. The molecule has 3 amide bonds. The van der Waals surface area contributed by atoms with Crippen molar-refractivity contribution in [3.8, 4) is 0 Å². The largest absolute Gasteiger partial charge is 0.465 e. The first kappa shape index (κ1) is 28.5. The second-order valence-corrected chi connectivity index (χ2v) is 10.2. The molecule has 2 aliphatic heterocycles. The molecule has 3 atom stereocenters. The fraction of sp³-hybridized carbons (Fsp3) is 0.692. The summed E-state index contributed by atoms with van der Waals surface area (Å²) in [6.45, 7) is 4.03. The van der Waals surface area contributed by atoms with Gasteiger partial charge in [-0.25, -0.2) is 9.59 Å². The normalized spacial score (nSPS) is 20.8. The summed E-state index contributed by atoms with van der Waals surface area (Å²) >= 11 is 6.28. The van der Waals surface area contributed by atoms with Crippen LogP contribution in [0.4, 0.5) is 9.59 Å². The first-order valence-electron chi connectivity index (χ1n) is 13.1. The standard InChI is InChI=1S/C26H41ClN4O5/c1-28-17-23(15-19-8-12-35-13-9-19)30-25(32)31-11-3-2-5-21(18-31)24(36-14-10-29-26(33)34)20-6-4-7-22(27)16-20/h4,6-7,16,19,21,23-24,28-29H,2-3,5,8-15,17-18H2,1H3,(H,30,32)(H,33,34)/t21-,23+,24?/m1/s1. The molecular weight excluding hydrogens is 484 g/mol. The Labute approximate surface area is 219 Å². The van der Waals surface area contributed by atoms with Gasteiger partial charge in [-0.05, 0) is 62.8 Å². The molecule has 1 aromatic rings. The van der Waals surface area contributed by atoms with Gasteiger partial charge in [-0.15, -0.1) is 0 Å². The fourth-order valence-corrected chi connectivity index (χ4v) is 5.43. The molecule has 0 spiro atoms. The first-order valence-corrected chi connectivity index (χ1v) is 13.5. The third-order valence-electron chi connectivity index (χ3n) is 7.01. The predicted molar refractivity (Wildman–Crippen MR) is 139 cm³/mol. The Kier molecular flexibility index (Phi) is 12.1. The predicted octanol–water partition coefficient (Wildman–Crippen LogP) is 3.88. The number of rotatable bonds is 11. The quantitative estimate of drug-likeness (QED) is 0.327. The van der Waals surface area contributed by atoms with Gasteiger partial charge in [0.15, 0.2) is 0 Å². The maximum absolute atomic E-state index is 13.4. The summed E-state index contributed by atoms with van der Waals surface area (Å²) in [5.41, 5.74) is 0.942. The van der Waals surface area contributed by atoms with Crippen LogP contribution in [-0.4, -0.2) is 81.2 Å². The molecule has 0 aromatic heterocycles. The Hall–Kier alpha value is -2.07. The van der Waals surface area contributed by atoms with Crippen LogP contribution in [0.5, 0.6) is 0 Å². The fourth-order valence-electron chi connectivity index (χ4n) is 5.23. The van der Waals surface area contributed by atoms with Crippen molar-refractivity contribution in [2.75, 3.05) is 53.0 Å². The van der Waals surface area contributed by atoms with Gasteiger partial charge >= 0.3 is 12.1 Å². The molecule has 0 bridgehead atoms. The number of halogens is 1. The Bertz CT molecular complexity index is 823. The van der Waals surface area contributed by atoms with Gasteiger partial charge in [0.1, 0.15) is 0 Å². The van der Waals surface area contributed by atoms with Gasteiger partial charge in [0.2, 0.25) is 0 Å². The molecule has 0 aliphatic carbocycles. The number of nitrogens with one attached hydrogen (secondary N) is 3. The molecule has 202 valence electrons. The summed E-state index contributed by atoms with van der Waals surface area (Å²) in [5, 5.41) is 18.4. The van der Waals surface area contributed by atoms with E-state index in [9.17, 15) is 9.59 Å². The van der Waals surface area contributed by atoms with E-state index in [-0.39, 0.29) is 37.2 Å². The molecule has 4 N–H and O–H groups in total. The van der Waals surface area contributed by atoms with Crippen LogP contribution < -0.4 is 16.0 Å². The number of likely N-dealkylation sites (N-methyl/N-ethyl adjacent to an activating group) is 1. The molecule has 3 rings (SSSR count). The SMILES string of the molecule is CNC[C@H](CC1CCOCC1)NC(=O)N1CCCC[C@@H](C(OCCNC(=O)O)c2cccc(Cl)c2)C1. The van der Waals surface area contributed by atoms with Gasteiger partial charge in [-0.1, -0.05) is 30.2 Å². The van der Waals surface area contributed by atoms with E-state index in [1.54, 1.807) is 0 Å². The topological polar surface area (TPSA) is 112 Å². The molecule has 2 aliphatic rings. The lowest BCUT2D eigenvalue weighted by atomic mass is 9.91. The molecule has 2 saturated heterocycles. The number of likely N-dealkylation sites (tertiary alicyclic amines) is 1. The number of ether oxygens (including phenoxy) is 2. The van der Waals surface area contributed by atoms with Crippen LogP contribution in [0.15, 0.2) is 24.3 Å². The molecule has 0 radical (unpaired) electrons. The van der Waals surface area contributed by atoms with Gasteiger partial charge < -0.3 is 35.4 Å². The molecule has 10 heteroatoms. The van der Waals surface area contributed by atoms with Crippen LogP contribution in [-0.2, 0) is 9.47 Å². The molecule has 2 heterocycles. The minimum Gasteiger partial charge on any atom is -0.465 e. The smallest absolute Gasteiger partial charge is 0.404 e. The Morgan fingerprint density at radius 3 is 2.78 bits per heavy atom. The highest BCUT2D eigenvalue weighted by atomic mass is 35.5. The zero-order valence-electron chi connectivity index (χ0n) is 21.2. The van der Waals surface area contributed by atoms with E-state index in [2.05, 4.69) is 16.0 Å². The summed E-state index contributed by atoms with van der Waals surface area (Å²) in [4.78, 5) is 26.2. The molecular formula is C26H41ClN4O5. The van der Waals surface area contributed by atoms with Crippen molar-refractivity contribution in [1.29, 1.82) is 0 Å². The van der Waals surface area contributed by atoms with Crippen molar-refractivity contribution in [1.82, 2.24) is 20.9 Å². The van der Waals surface area contributed by atoms with Gasteiger partial charge in [-0.3, -0.25) is 0 Å². The highest BCUT2D eigenvalue weighted by Gasteiger charge is 2.31. The number of benzene rings is 1. The van der Waals surface area contributed by atoms with Crippen LogP contribution >= 0.6 is 11.6 Å². The monoisotopic (exact) mass is 524 g/mol. The summed E-state index contributed by atoms with van der Waals surface area (Å²) in [5.74, 6) is 0.633. The van der Waals surface area contributed by atoms with E-state index < -0.39 is 6.09 Å². The number of carbonyl (C=O) groups excluding carboxylic acids is 1. The van der Waals surface area contributed by atoms with Crippen molar-refractivity contribution in [2.45, 2.75) is 50.7 Å². The summed E-state index contributed by atoms with van der Waals surface area (Å²) < 4.78 is 11.7. The number of carbonyl (C=O) groups is 2. The number of nitrogens with zero attached hydrogens (tertiary/aromatic N) is 1. The van der Waals surface area contributed by atoms with Gasteiger partial charge in [0.05, 0.1) is 12.7 Å². The van der Waals surface area contributed by atoms with Crippen molar-refractivity contribution in [3.63, 3.8) is 0 Å². The van der Waals surface area contributed by atoms with Crippen LogP contribution in [0.2, 0.25) is 5.02 Å². The Balaban J connectivity index is 1.67. The average Bonchev–Trinajstić information content (AvgIpc) is 3.11. The van der Waals surface area contributed by atoms with E-state index >= 15 is 0 Å². The van der Waals surface area contributed by atoms with Gasteiger partial charge in [0.25, 0.3) is 0 Å². The highest BCUT2D eigenvalue weighted by Crippen LogP contribution is 2.33. The minimum absolute atomic E-state index is 0.0356. The van der Waals surface area contributed by atoms with Crippen LogP contribution in [0.1, 0.15) is 50.2 Å². The summed E-state index contributed by atoms with van der Waals surface area (Å²) in [7, 11) is 1.91. The van der Waals surface area contributed by atoms with E-state index in [0.717, 1.165) is 63.8 Å². The summed E-state index contributed by atoms with van der Waals surface area (Å²) in [6, 6.07) is 7.61. The zero-order valence-corrected chi connectivity index (χ0v) is 22.0. The lowest BCUT2D eigenvalue weighted by molar-refractivity contribution is 0.00428.